The van der Waals surface area contributed by atoms with Gasteiger partial charge in [0.2, 0.25) is 5.91 Å². The Balaban J connectivity index is 3.08. The molecule has 0 bridgehead atoms. The van der Waals surface area contributed by atoms with E-state index >= 15 is 0 Å². The van der Waals surface area contributed by atoms with E-state index in [1.165, 1.54) is 0 Å². The molecule has 0 aliphatic carbocycles. The van der Waals surface area contributed by atoms with Crippen LogP contribution in [0.3, 0.4) is 0 Å². The quantitative estimate of drug-likeness (QED) is 0.802. The van der Waals surface area contributed by atoms with Crippen LogP contribution in [0.2, 0.25) is 0 Å². The zero-order valence-electron chi connectivity index (χ0n) is 13.1. The maximum Gasteiger partial charge on any atom is 0.246 e. The Kier molecular flexibility index (Phi) is 5.37. The average molecular weight is 275 g/mol. The second-order valence-electron chi connectivity index (χ2n) is 5.90. The van der Waals surface area contributed by atoms with Gasteiger partial charge in [0.15, 0.2) is 0 Å². The van der Waals surface area contributed by atoms with Crippen molar-refractivity contribution in [3.8, 4) is 5.75 Å². The Morgan fingerprint density at radius 1 is 1.20 bits per heavy atom. The van der Waals surface area contributed by atoms with E-state index in [9.17, 15) is 9.90 Å². The van der Waals surface area contributed by atoms with Crippen molar-refractivity contribution in [1.82, 2.24) is 5.32 Å². The molecule has 0 fully saturated rings. The van der Waals surface area contributed by atoms with Crippen LogP contribution in [-0.2, 0) is 11.3 Å². The number of carbonyl (C=O) groups is 1. The Morgan fingerprint density at radius 3 is 2.00 bits per heavy atom. The molecule has 1 aromatic rings. The number of phenolic OH excluding ortho intramolecular Hbond substituents is 1. The molecule has 0 spiro atoms. The highest BCUT2D eigenvalue weighted by atomic mass is 16.3. The Hall–Kier alpha value is -1.77. The molecule has 0 saturated carbocycles. The number of amides is 1. The molecule has 3 nitrogen and oxygen atoms in total. The van der Waals surface area contributed by atoms with Crippen molar-refractivity contribution in [2.45, 2.75) is 53.0 Å². The van der Waals surface area contributed by atoms with Crippen molar-refractivity contribution in [3.63, 3.8) is 0 Å². The number of rotatable bonds is 5. The lowest BCUT2D eigenvalue weighted by Gasteiger charge is -2.17. The molecule has 2 N–H and O–H groups in total. The Labute approximate surface area is 121 Å². The maximum absolute atomic E-state index is 11.6. The topological polar surface area (TPSA) is 49.3 Å². The summed E-state index contributed by atoms with van der Waals surface area (Å²) in [5.41, 5.74) is 3.35. The van der Waals surface area contributed by atoms with Gasteiger partial charge in [0.1, 0.15) is 5.75 Å². The van der Waals surface area contributed by atoms with E-state index < -0.39 is 0 Å². The number of benzene rings is 1. The van der Waals surface area contributed by atoms with E-state index in [0.29, 0.717) is 17.9 Å². The van der Waals surface area contributed by atoms with Gasteiger partial charge in [-0.3, -0.25) is 4.79 Å². The van der Waals surface area contributed by atoms with Gasteiger partial charge in [0.25, 0.3) is 0 Å². The first-order chi connectivity index (χ1) is 9.23. The first-order valence-corrected chi connectivity index (χ1v) is 7.03. The van der Waals surface area contributed by atoms with E-state index in [0.717, 1.165) is 16.7 Å². The van der Waals surface area contributed by atoms with E-state index in [2.05, 4.69) is 39.6 Å². The molecule has 0 aliphatic heterocycles. The van der Waals surface area contributed by atoms with Gasteiger partial charge in [-0.1, -0.05) is 46.4 Å². The van der Waals surface area contributed by atoms with Crippen LogP contribution < -0.4 is 5.32 Å². The summed E-state index contributed by atoms with van der Waals surface area (Å²) < 4.78 is 0. The molecule has 0 saturated heterocycles. The van der Waals surface area contributed by atoms with E-state index in [-0.39, 0.29) is 17.7 Å². The van der Waals surface area contributed by atoms with E-state index in [1.54, 1.807) is 6.92 Å². The van der Waals surface area contributed by atoms with Crippen LogP contribution in [0, 0.1) is 0 Å². The fourth-order valence-electron chi connectivity index (χ4n) is 2.06. The third kappa shape index (κ3) is 3.86. The Bertz CT molecular complexity index is 487. The highest BCUT2D eigenvalue weighted by Crippen LogP contribution is 2.34. The van der Waals surface area contributed by atoms with Crippen LogP contribution in [0.15, 0.2) is 24.3 Å². The van der Waals surface area contributed by atoms with Gasteiger partial charge in [-0.15, -0.1) is 0 Å². The van der Waals surface area contributed by atoms with E-state index in [4.69, 9.17) is 0 Å². The van der Waals surface area contributed by atoms with Crippen LogP contribution in [-0.4, -0.2) is 11.0 Å². The minimum absolute atomic E-state index is 0.143. The van der Waals surface area contributed by atoms with Crippen molar-refractivity contribution >= 4 is 5.91 Å². The molecule has 0 aliphatic rings. The van der Waals surface area contributed by atoms with Crippen molar-refractivity contribution in [1.29, 1.82) is 0 Å². The predicted molar refractivity (Wildman–Crippen MR) is 82.9 cm³/mol. The third-order valence-corrected chi connectivity index (χ3v) is 3.31. The van der Waals surface area contributed by atoms with Gasteiger partial charge in [-0.2, -0.15) is 0 Å². The fourth-order valence-corrected chi connectivity index (χ4v) is 2.06. The standard InChI is InChI=1S/C17H25NO2/c1-10(2)14-7-13(9-18-17(20)12(5)6)8-15(11(3)4)16(14)19/h7-8,10-11,19H,5,9H2,1-4,6H3,(H,18,20). The summed E-state index contributed by atoms with van der Waals surface area (Å²) in [6.45, 7) is 14.0. The van der Waals surface area contributed by atoms with Crippen LogP contribution >= 0.6 is 0 Å². The number of carbonyl (C=O) groups excluding carboxylic acids is 1. The van der Waals surface area contributed by atoms with Crippen molar-refractivity contribution < 1.29 is 9.90 Å². The molecular formula is C17H25NO2. The molecule has 1 rings (SSSR count). The van der Waals surface area contributed by atoms with Crippen LogP contribution in [0.5, 0.6) is 5.75 Å². The Morgan fingerprint density at radius 2 is 1.65 bits per heavy atom. The molecule has 1 amide bonds. The van der Waals surface area contributed by atoms with Crippen LogP contribution in [0.25, 0.3) is 0 Å². The van der Waals surface area contributed by atoms with Gasteiger partial charge in [-0.05, 0) is 35.4 Å². The van der Waals surface area contributed by atoms with Gasteiger partial charge >= 0.3 is 0 Å². The molecule has 0 heterocycles. The number of phenols is 1. The molecule has 0 unspecified atom stereocenters. The monoisotopic (exact) mass is 275 g/mol. The minimum Gasteiger partial charge on any atom is -0.507 e. The van der Waals surface area contributed by atoms with Crippen LogP contribution in [0.4, 0.5) is 0 Å². The second kappa shape index (κ2) is 6.60. The zero-order chi connectivity index (χ0) is 15.4. The summed E-state index contributed by atoms with van der Waals surface area (Å²) in [6.07, 6.45) is 0. The van der Waals surface area contributed by atoms with Crippen LogP contribution in [0.1, 0.15) is 63.1 Å². The lowest BCUT2D eigenvalue weighted by atomic mass is 9.91. The number of hydrogen-bond donors (Lipinski definition) is 2. The lowest BCUT2D eigenvalue weighted by Crippen LogP contribution is -2.23. The third-order valence-electron chi connectivity index (χ3n) is 3.31. The number of aromatic hydroxyl groups is 1. The molecular weight excluding hydrogens is 250 g/mol. The molecule has 110 valence electrons. The molecule has 1 aromatic carbocycles. The first kappa shape index (κ1) is 16.3. The van der Waals surface area contributed by atoms with Crippen molar-refractivity contribution in [3.05, 3.63) is 41.0 Å². The number of hydrogen-bond acceptors (Lipinski definition) is 2. The zero-order valence-corrected chi connectivity index (χ0v) is 13.1. The SMILES string of the molecule is C=C(C)C(=O)NCc1cc(C(C)C)c(O)c(C(C)C)c1. The summed E-state index contributed by atoms with van der Waals surface area (Å²) in [5, 5.41) is 13.1. The van der Waals surface area contributed by atoms with Gasteiger partial charge < -0.3 is 10.4 Å². The molecule has 20 heavy (non-hydrogen) atoms. The summed E-state index contributed by atoms with van der Waals surface area (Å²) in [4.78, 5) is 11.6. The van der Waals surface area contributed by atoms with Gasteiger partial charge in [0, 0.05) is 12.1 Å². The highest BCUT2D eigenvalue weighted by molar-refractivity contribution is 5.92. The molecule has 0 aromatic heterocycles. The number of nitrogens with one attached hydrogen (secondary N) is 1. The fraction of sp³-hybridized carbons (Fsp3) is 0.471. The van der Waals surface area contributed by atoms with Gasteiger partial charge in [-0.25, -0.2) is 0 Å². The predicted octanol–water partition coefficient (Wildman–Crippen LogP) is 3.83. The van der Waals surface area contributed by atoms with Crippen molar-refractivity contribution in [2.75, 3.05) is 0 Å². The normalized spacial score (nSPS) is 10.9. The lowest BCUT2D eigenvalue weighted by molar-refractivity contribution is -0.117. The van der Waals surface area contributed by atoms with Crippen molar-refractivity contribution in [2.24, 2.45) is 0 Å². The summed E-state index contributed by atoms with van der Waals surface area (Å²) in [7, 11) is 0. The summed E-state index contributed by atoms with van der Waals surface area (Å²) in [5.74, 6) is 0.717. The maximum atomic E-state index is 11.6. The molecule has 0 radical (unpaired) electrons. The summed E-state index contributed by atoms with van der Waals surface area (Å²) >= 11 is 0. The highest BCUT2D eigenvalue weighted by Gasteiger charge is 2.15. The summed E-state index contributed by atoms with van der Waals surface area (Å²) in [6, 6.07) is 3.93. The van der Waals surface area contributed by atoms with Gasteiger partial charge in [0.05, 0.1) is 0 Å². The molecule has 3 heteroatoms. The minimum atomic E-state index is -0.143. The largest absolute Gasteiger partial charge is 0.507 e. The van der Waals surface area contributed by atoms with E-state index in [1.807, 2.05) is 12.1 Å². The first-order valence-electron chi connectivity index (χ1n) is 7.03. The molecule has 0 atom stereocenters. The smallest absolute Gasteiger partial charge is 0.246 e. The second-order valence-corrected chi connectivity index (χ2v) is 5.90. The average Bonchev–Trinajstić information content (AvgIpc) is 2.35.